The summed E-state index contributed by atoms with van der Waals surface area (Å²) in [5.41, 5.74) is 0. The first kappa shape index (κ1) is 13.1. The van der Waals surface area contributed by atoms with Gasteiger partial charge in [-0.25, -0.2) is 0 Å². The highest BCUT2D eigenvalue weighted by Gasteiger charge is 2.33. The molecule has 0 spiro atoms. The molecule has 15 heavy (non-hydrogen) atoms. The summed E-state index contributed by atoms with van der Waals surface area (Å²) in [6, 6.07) is 0. The van der Waals surface area contributed by atoms with Gasteiger partial charge in [0.1, 0.15) is 5.78 Å². The van der Waals surface area contributed by atoms with Gasteiger partial charge in [-0.2, -0.15) is 11.8 Å². The average molecular weight is 228 g/mol. The van der Waals surface area contributed by atoms with E-state index in [2.05, 4.69) is 13.8 Å². The summed E-state index contributed by atoms with van der Waals surface area (Å²) in [5.74, 6) is 3.45. The molecule has 0 aliphatic heterocycles. The maximum Gasteiger partial charge on any atom is 0.136 e. The Hall–Kier alpha value is 0.0200. The maximum atomic E-state index is 11.7. The van der Waals surface area contributed by atoms with E-state index in [1.165, 1.54) is 18.6 Å². The number of carbonyl (C=O) groups is 1. The first-order valence-electron chi connectivity index (χ1n) is 6.15. The van der Waals surface area contributed by atoms with Crippen molar-refractivity contribution in [3.05, 3.63) is 0 Å². The third-order valence-electron chi connectivity index (χ3n) is 2.84. The van der Waals surface area contributed by atoms with E-state index in [9.17, 15) is 4.79 Å². The number of rotatable bonds is 7. The predicted octanol–water partition coefficient (Wildman–Crippen LogP) is 3.77. The first-order valence-corrected chi connectivity index (χ1v) is 7.20. The van der Waals surface area contributed by atoms with Crippen molar-refractivity contribution in [3.63, 3.8) is 0 Å². The van der Waals surface area contributed by atoms with Crippen molar-refractivity contribution >= 4 is 17.5 Å². The molecule has 1 aliphatic carbocycles. The fourth-order valence-corrected chi connectivity index (χ4v) is 3.04. The number of thioether (sulfide) groups is 1. The van der Waals surface area contributed by atoms with Crippen LogP contribution in [0.2, 0.25) is 0 Å². The topological polar surface area (TPSA) is 17.1 Å². The molecule has 88 valence electrons. The van der Waals surface area contributed by atoms with Crippen LogP contribution in [0.4, 0.5) is 0 Å². The van der Waals surface area contributed by atoms with Gasteiger partial charge in [-0.1, -0.05) is 27.7 Å². The Balaban J connectivity index is 2.33. The lowest BCUT2D eigenvalue weighted by molar-refractivity contribution is -0.121. The molecule has 1 nitrogen and oxygen atoms in total. The summed E-state index contributed by atoms with van der Waals surface area (Å²) in [6.07, 6.45) is 3.50. The van der Waals surface area contributed by atoms with Crippen molar-refractivity contribution in [1.29, 1.82) is 0 Å². The van der Waals surface area contributed by atoms with Crippen LogP contribution >= 0.6 is 11.8 Å². The molecule has 1 fully saturated rings. The zero-order valence-electron chi connectivity index (χ0n) is 10.5. The summed E-state index contributed by atoms with van der Waals surface area (Å²) in [6.45, 7) is 8.53. The molecule has 0 radical (unpaired) electrons. The Morgan fingerprint density at radius 1 is 1.27 bits per heavy atom. The molecule has 0 aromatic carbocycles. The Morgan fingerprint density at radius 3 is 2.27 bits per heavy atom. The molecular formula is C13H24OS. The lowest BCUT2D eigenvalue weighted by Crippen LogP contribution is -2.18. The Labute approximate surface area is 98.4 Å². The second-order valence-electron chi connectivity index (χ2n) is 5.43. The molecule has 0 heterocycles. The lowest BCUT2D eigenvalue weighted by Gasteiger charge is -2.17. The van der Waals surface area contributed by atoms with Crippen LogP contribution in [0.5, 0.6) is 0 Å². The van der Waals surface area contributed by atoms with Crippen LogP contribution in [-0.2, 0) is 4.79 Å². The van der Waals surface area contributed by atoms with Gasteiger partial charge in [-0.15, -0.1) is 0 Å². The van der Waals surface area contributed by atoms with Gasteiger partial charge < -0.3 is 0 Å². The largest absolute Gasteiger partial charge is 0.299 e. The molecule has 0 bridgehead atoms. The third kappa shape index (κ3) is 5.05. The van der Waals surface area contributed by atoms with Gasteiger partial charge in [0.25, 0.3) is 0 Å². The normalized spacial score (nSPS) is 18.5. The van der Waals surface area contributed by atoms with Gasteiger partial charge >= 0.3 is 0 Å². The molecule has 0 saturated heterocycles. The van der Waals surface area contributed by atoms with Crippen LogP contribution in [0.3, 0.4) is 0 Å². The summed E-state index contributed by atoms with van der Waals surface area (Å²) in [7, 11) is 0. The number of hydrogen-bond donors (Lipinski definition) is 0. The summed E-state index contributed by atoms with van der Waals surface area (Å²) in [4.78, 5) is 11.7. The molecule has 0 N–H and O–H groups in total. The number of Topliss-reactive ketones (excluding diaryl/α,β-unsaturated/α-hetero) is 1. The smallest absolute Gasteiger partial charge is 0.136 e. The second kappa shape index (κ2) is 5.93. The second-order valence-corrected chi connectivity index (χ2v) is 6.70. The Morgan fingerprint density at radius 2 is 1.87 bits per heavy atom. The number of ketones is 1. The first-order chi connectivity index (χ1) is 7.00. The van der Waals surface area contributed by atoms with Crippen LogP contribution in [0.15, 0.2) is 0 Å². The molecule has 0 aromatic rings. The molecule has 1 saturated carbocycles. The minimum Gasteiger partial charge on any atom is -0.299 e. The van der Waals surface area contributed by atoms with E-state index in [1.54, 1.807) is 0 Å². The summed E-state index contributed by atoms with van der Waals surface area (Å²) >= 11 is 2.03. The minimum absolute atomic E-state index is 0.214. The monoisotopic (exact) mass is 228 g/mol. The van der Waals surface area contributed by atoms with Gasteiger partial charge in [0, 0.05) is 17.6 Å². The van der Waals surface area contributed by atoms with E-state index >= 15 is 0 Å². The van der Waals surface area contributed by atoms with E-state index in [-0.39, 0.29) is 5.92 Å². The van der Waals surface area contributed by atoms with Crippen LogP contribution in [0.25, 0.3) is 0 Å². The molecule has 0 amide bonds. The lowest BCUT2D eigenvalue weighted by atomic mass is 10.0. The SMILES string of the molecule is CC(C)CSC(CC(=O)C(C)C)C1CC1. The summed E-state index contributed by atoms with van der Waals surface area (Å²) < 4.78 is 0. The highest BCUT2D eigenvalue weighted by molar-refractivity contribution is 7.99. The van der Waals surface area contributed by atoms with Crippen molar-refractivity contribution in [3.8, 4) is 0 Å². The molecule has 1 unspecified atom stereocenters. The van der Waals surface area contributed by atoms with Crippen molar-refractivity contribution in [2.75, 3.05) is 5.75 Å². The van der Waals surface area contributed by atoms with Crippen LogP contribution in [0, 0.1) is 17.8 Å². The van der Waals surface area contributed by atoms with Crippen LogP contribution < -0.4 is 0 Å². The standard InChI is InChI=1S/C13H24OS/c1-9(2)8-15-13(11-5-6-11)7-12(14)10(3)4/h9-11,13H,5-8H2,1-4H3. The van der Waals surface area contributed by atoms with Crippen molar-refractivity contribution < 1.29 is 4.79 Å². The predicted molar refractivity (Wildman–Crippen MR) is 68.3 cm³/mol. The third-order valence-corrected chi connectivity index (χ3v) is 4.68. The Kier molecular flexibility index (Phi) is 5.17. The van der Waals surface area contributed by atoms with E-state index in [4.69, 9.17) is 0 Å². The van der Waals surface area contributed by atoms with Crippen LogP contribution in [-0.4, -0.2) is 16.8 Å². The molecular weight excluding hydrogens is 204 g/mol. The average Bonchev–Trinajstić information content (AvgIpc) is 2.94. The van der Waals surface area contributed by atoms with Crippen molar-refractivity contribution in [2.45, 2.75) is 52.2 Å². The van der Waals surface area contributed by atoms with E-state index in [0.29, 0.717) is 11.0 Å². The van der Waals surface area contributed by atoms with Gasteiger partial charge in [-0.05, 0) is 30.4 Å². The van der Waals surface area contributed by atoms with Gasteiger partial charge in [-0.3, -0.25) is 4.79 Å². The number of carbonyl (C=O) groups excluding carboxylic acids is 1. The highest BCUT2D eigenvalue weighted by Crippen LogP contribution is 2.41. The Bertz CT molecular complexity index is 207. The van der Waals surface area contributed by atoms with Crippen molar-refractivity contribution in [1.82, 2.24) is 0 Å². The summed E-state index contributed by atoms with van der Waals surface area (Å²) in [5, 5.41) is 0.613. The molecule has 0 aromatic heterocycles. The molecule has 1 aliphatic rings. The zero-order chi connectivity index (χ0) is 11.4. The minimum atomic E-state index is 0.214. The highest BCUT2D eigenvalue weighted by atomic mass is 32.2. The van der Waals surface area contributed by atoms with Crippen LogP contribution in [0.1, 0.15) is 47.0 Å². The fraction of sp³-hybridized carbons (Fsp3) is 0.923. The maximum absolute atomic E-state index is 11.7. The van der Waals surface area contributed by atoms with Gasteiger partial charge in [0.15, 0.2) is 0 Å². The fourth-order valence-electron chi connectivity index (χ4n) is 1.58. The van der Waals surface area contributed by atoms with Gasteiger partial charge in [0.2, 0.25) is 0 Å². The number of hydrogen-bond acceptors (Lipinski definition) is 2. The quantitative estimate of drug-likeness (QED) is 0.660. The van der Waals surface area contributed by atoms with E-state index < -0.39 is 0 Å². The molecule has 2 heteroatoms. The van der Waals surface area contributed by atoms with E-state index in [0.717, 1.165) is 18.3 Å². The zero-order valence-corrected chi connectivity index (χ0v) is 11.3. The van der Waals surface area contributed by atoms with Gasteiger partial charge in [0.05, 0.1) is 0 Å². The van der Waals surface area contributed by atoms with Crippen molar-refractivity contribution in [2.24, 2.45) is 17.8 Å². The molecule has 1 rings (SSSR count). The van der Waals surface area contributed by atoms with E-state index in [1.807, 2.05) is 25.6 Å². The molecule has 1 atom stereocenters.